The van der Waals surface area contributed by atoms with Gasteiger partial charge in [0.2, 0.25) is 5.91 Å². The zero-order valence-electron chi connectivity index (χ0n) is 14.3. The summed E-state index contributed by atoms with van der Waals surface area (Å²) in [6, 6.07) is 8.60. The van der Waals surface area contributed by atoms with Gasteiger partial charge >= 0.3 is 0 Å². The summed E-state index contributed by atoms with van der Waals surface area (Å²) in [5.74, 6) is 0.580. The van der Waals surface area contributed by atoms with E-state index in [1.807, 2.05) is 12.1 Å². The molecule has 5 heteroatoms. The van der Waals surface area contributed by atoms with Crippen molar-refractivity contribution in [3.63, 3.8) is 0 Å². The lowest BCUT2D eigenvalue weighted by Crippen LogP contribution is -2.44. The summed E-state index contributed by atoms with van der Waals surface area (Å²) in [5.41, 5.74) is 7.85. The molecule has 3 N–H and O–H groups in total. The summed E-state index contributed by atoms with van der Waals surface area (Å²) in [6.45, 7) is 6.50. The monoisotopic (exact) mass is 339 g/mol. The van der Waals surface area contributed by atoms with Crippen LogP contribution in [0.3, 0.4) is 0 Å². The average Bonchev–Trinajstić information content (AvgIpc) is 2.50. The second-order valence-electron chi connectivity index (χ2n) is 6.52. The number of nitrogens with one attached hydrogen (secondary N) is 1. The maximum atomic E-state index is 12.3. The number of carbonyl (C=O) groups excluding carboxylic acids is 1. The summed E-state index contributed by atoms with van der Waals surface area (Å²) >= 11 is 0. The molecule has 1 fully saturated rings. The number of carbonyl (C=O) groups is 1. The Morgan fingerprint density at radius 3 is 2.61 bits per heavy atom. The second-order valence-corrected chi connectivity index (χ2v) is 6.52. The first-order chi connectivity index (χ1) is 10.6. The van der Waals surface area contributed by atoms with E-state index in [0.29, 0.717) is 25.0 Å². The van der Waals surface area contributed by atoms with Gasteiger partial charge in [0.05, 0.1) is 6.54 Å². The summed E-state index contributed by atoms with van der Waals surface area (Å²) in [7, 11) is 0. The van der Waals surface area contributed by atoms with Gasteiger partial charge in [-0.05, 0) is 56.0 Å². The quantitative estimate of drug-likeness (QED) is 0.835. The highest BCUT2D eigenvalue weighted by atomic mass is 35.5. The third-order valence-electron chi connectivity index (χ3n) is 4.46. The Labute approximate surface area is 146 Å². The van der Waals surface area contributed by atoms with Gasteiger partial charge in [0.25, 0.3) is 0 Å². The van der Waals surface area contributed by atoms with Gasteiger partial charge in [0, 0.05) is 11.7 Å². The third kappa shape index (κ3) is 6.13. The van der Waals surface area contributed by atoms with E-state index in [1.165, 1.54) is 18.4 Å². The molecule has 0 aromatic heterocycles. The minimum Gasteiger partial charge on any atom is -0.330 e. The lowest BCUT2D eigenvalue weighted by molar-refractivity contribution is -0.118. The Bertz CT molecular complexity index is 474. The summed E-state index contributed by atoms with van der Waals surface area (Å²) < 4.78 is 0. The number of nitrogens with two attached hydrogens (primary N) is 1. The number of benzene rings is 1. The molecule has 0 bridgehead atoms. The largest absolute Gasteiger partial charge is 0.330 e. The van der Waals surface area contributed by atoms with Crippen molar-refractivity contribution in [2.75, 3.05) is 25.0 Å². The minimum absolute atomic E-state index is 0. The van der Waals surface area contributed by atoms with Crippen molar-refractivity contribution < 1.29 is 4.79 Å². The smallest absolute Gasteiger partial charge is 0.238 e. The number of nitrogens with zero attached hydrogens (tertiary/aromatic N) is 1. The standard InChI is InChI=1S/C18H29N3O.ClH/c1-14(2)15-6-8-16(9-7-15)20-18(22)13-21-12-4-3-5-17(21)10-11-19;/h6-9,14,17H,3-5,10-13,19H2,1-2H3,(H,20,22);1H. The summed E-state index contributed by atoms with van der Waals surface area (Å²) in [6.07, 6.45) is 4.57. The van der Waals surface area contributed by atoms with Crippen molar-refractivity contribution >= 4 is 24.0 Å². The highest BCUT2D eigenvalue weighted by molar-refractivity contribution is 5.92. The van der Waals surface area contributed by atoms with Gasteiger partial charge in [-0.2, -0.15) is 0 Å². The molecule has 1 heterocycles. The maximum Gasteiger partial charge on any atom is 0.238 e. The average molecular weight is 340 g/mol. The fraction of sp³-hybridized carbons (Fsp3) is 0.611. The minimum atomic E-state index is 0. The lowest BCUT2D eigenvalue weighted by Gasteiger charge is -2.35. The Hall–Kier alpha value is -1.10. The van der Waals surface area contributed by atoms with E-state index in [1.54, 1.807) is 0 Å². The van der Waals surface area contributed by atoms with Crippen LogP contribution in [0.5, 0.6) is 0 Å². The van der Waals surface area contributed by atoms with Gasteiger partial charge in [0.15, 0.2) is 0 Å². The van der Waals surface area contributed by atoms with E-state index in [0.717, 1.165) is 25.1 Å². The van der Waals surface area contributed by atoms with Gasteiger partial charge in [-0.1, -0.05) is 32.4 Å². The molecule has 1 aromatic carbocycles. The first-order valence-electron chi connectivity index (χ1n) is 8.44. The number of amides is 1. The molecular formula is C18H30ClN3O. The van der Waals surface area contributed by atoms with Crippen LogP contribution in [0.2, 0.25) is 0 Å². The number of halogens is 1. The summed E-state index contributed by atoms with van der Waals surface area (Å²) in [4.78, 5) is 14.6. The van der Waals surface area contributed by atoms with E-state index < -0.39 is 0 Å². The molecule has 23 heavy (non-hydrogen) atoms. The van der Waals surface area contributed by atoms with E-state index in [-0.39, 0.29) is 18.3 Å². The topological polar surface area (TPSA) is 58.4 Å². The van der Waals surface area contributed by atoms with Gasteiger partial charge in [-0.25, -0.2) is 0 Å². The molecule has 2 rings (SSSR count). The molecule has 0 spiro atoms. The Kier molecular flexibility index (Phi) is 8.59. The van der Waals surface area contributed by atoms with Crippen molar-refractivity contribution in [2.24, 2.45) is 5.73 Å². The Balaban J connectivity index is 0.00000264. The van der Waals surface area contributed by atoms with E-state index in [2.05, 4.69) is 36.2 Å². The number of likely N-dealkylation sites (tertiary alicyclic amines) is 1. The van der Waals surface area contributed by atoms with Crippen LogP contribution in [-0.4, -0.2) is 36.5 Å². The van der Waals surface area contributed by atoms with Crippen LogP contribution < -0.4 is 11.1 Å². The zero-order chi connectivity index (χ0) is 15.9. The molecule has 1 amide bonds. The van der Waals surface area contributed by atoms with Crippen LogP contribution in [0.25, 0.3) is 0 Å². The fourth-order valence-electron chi connectivity index (χ4n) is 3.12. The summed E-state index contributed by atoms with van der Waals surface area (Å²) in [5, 5.41) is 3.01. The number of rotatable bonds is 6. The molecule has 1 aromatic rings. The number of anilines is 1. The highest BCUT2D eigenvalue weighted by Crippen LogP contribution is 2.20. The number of hydrogen-bond acceptors (Lipinski definition) is 3. The van der Waals surface area contributed by atoms with Crippen molar-refractivity contribution in [3.05, 3.63) is 29.8 Å². The molecule has 1 atom stereocenters. The molecule has 0 aliphatic carbocycles. The number of hydrogen-bond donors (Lipinski definition) is 2. The second kappa shape index (κ2) is 9.91. The van der Waals surface area contributed by atoms with Gasteiger partial charge in [-0.15, -0.1) is 12.4 Å². The van der Waals surface area contributed by atoms with Crippen LogP contribution in [0.1, 0.15) is 51.0 Å². The van der Waals surface area contributed by atoms with E-state index in [9.17, 15) is 4.79 Å². The Morgan fingerprint density at radius 2 is 2.00 bits per heavy atom. The number of piperidine rings is 1. The molecule has 1 aliphatic heterocycles. The normalized spacial score (nSPS) is 18.5. The molecule has 4 nitrogen and oxygen atoms in total. The van der Waals surface area contributed by atoms with Crippen LogP contribution >= 0.6 is 12.4 Å². The predicted molar refractivity (Wildman–Crippen MR) is 99.3 cm³/mol. The third-order valence-corrected chi connectivity index (χ3v) is 4.46. The van der Waals surface area contributed by atoms with E-state index >= 15 is 0 Å². The van der Waals surface area contributed by atoms with E-state index in [4.69, 9.17) is 5.73 Å². The van der Waals surface area contributed by atoms with Gasteiger partial charge in [0.1, 0.15) is 0 Å². The van der Waals surface area contributed by atoms with Crippen LogP contribution in [0, 0.1) is 0 Å². The SMILES string of the molecule is CC(C)c1ccc(NC(=O)CN2CCCCC2CCN)cc1.Cl. The van der Waals surface area contributed by atoms with Crippen LogP contribution in [-0.2, 0) is 4.79 Å². The Morgan fingerprint density at radius 1 is 1.30 bits per heavy atom. The first-order valence-corrected chi connectivity index (χ1v) is 8.44. The zero-order valence-corrected chi connectivity index (χ0v) is 15.1. The molecule has 1 aliphatic rings. The van der Waals surface area contributed by atoms with Crippen molar-refractivity contribution in [3.8, 4) is 0 Å². The van der Waals surface area contributed by atoms with Crippen molar-refractivity contribution in [1.82, 2.24) is 4.90 Å². The fourth-order valence-corrected chi connectivity index (χ4v) is 3.12. The molecule has 0 saturated carbocycles. The van der Waals surface area contributed by atoms with Crippen molar-refractivity contribution in [1.29, 1.82) is 0 Å². The van der Waals surface area contributed by atoms with Gasteiger partial charge < -0.3 is 11.1 Å². The van der Waals surface area contributed by atoms with Crippen LogP contribution in [0.15, 0.2) is 24.3 Å². The van der Waals surface area contributed by atoms with Crippen LogP contribution in [0.4, 0.5) is 5.69 Å². The molecule has 1 saturated heterocycles. The highest BCUT2D eigenvalue weighted by Gasteiger charge is 2.23. The predicted octanol–water partition coefficient (Wildman–Crippen LogP) is 3.37. The lowest BCUT2D eigenvalue weighted by atomic mass is 9.99. The maximum absolute atomic E-state index is 12.3. The molecule has 1 unspecified atom stereocenters. The van der Waals surface area contributed by atoms with Crippen molar-refractivity contribution in [2.45, 2.75) is 51.5 Å². The van der Waals surface area contributed by atoms with Gasteiger partial charge in [-0.3, -0.25) is 9.69 Å². The molecule has 0 radical (unpaired) electrons. The first kappa shape index (κ1) is 19.9. The molecule has 130 valence electrons. The molecular weight excluding hydrogens is 310 g/mol.